The van der Waals surface area contributed by atoms with Gasteiger partial charge in [-0.3, -0.25) is 4.90 Å². The number of nitrogens with zero attached hydrogens (tertiary/aromatic N) is 3. The Balaban J connectivity index is 1.24. The summed E-state index contributed by atoms with van der Waals surface area (Å²) in [5.74, 6) is 3.64. The Labute approximate surface area is 199 Å². The van der Waals surface area contributed by atoms with E-state index < -0.39 is 0 Å². The summed E-state index contributed by atoms with van der Waals surface area (Å²) in [4.78, 5) is 11.7. The Morgan fingerprint density at radius 3 is 2.74 bits per heavy atom. The van der Waals surface area contributed by atoms with Crippen LogP contribution in [-0.4, -0.2) is 47.8 Å². The van der Waals surface area contributed by atoms with Gasteiger partial charge in [0, 0.05) is 49.6 Å². The van der Waals surface area contributed by atoms with Gasteiger partial charge in [-0.25, -0.2) is 9.97 Å². The Bertz CT molecular complexity index is 1170. The third-order valence-electron chi connectivity index (χ3n) is 5.81. The second-order valence-electron chi connectivity index (χ2n) is 8.76. The molecule has 2 aromatic carbocycles. The number of hydrogen-bond acceptors (Lipinski definition) is 8. The first kappa shape index (κ1) is 22.3. The molecule has 0 unspecified atom stereocenters. The van der Waals surface area contributed by atoms with E-state index >= 15 is 0 Å². The topological polar surface area (TPSA) is 78.0 Å². The maximum absolute atomic E-state index is 5.83. The molecule has 3 heterocycles. The van der Waals surface area contributed by atoms with Crippen LogP contribution in [0, 0.1) is 0 Å². The molecule has 1 N–H and O–H groups in total. The number of ether oxygens (including phenoxy) is 4. The van der Waals surface area contributed by atoms with E-state index in [2.05, 4.69) is 27.3 Å². The van der Waals surface area contributed by atoms with Crippen molar-refractivity contribution in [3.8, 4) is 23.0 Å². The van der Waals surface area contributed by atoms with Crippen LogP contribution in [0.2, 0.25) is 0 Å². The Kier molecular flexibility index (Phi) is 6.40. The van der Waals surface area contributed by atoms with Gasteiger partial charge in [0.2, 0.25) is 5.95 Å². The zero-order valence-corrected chi connectivity index (χ0v) is 19.8. The molecule has 0 radical (unpaired) electrons. The minimum atomic E-state index is 0.104. The molecule has 3 aromatic rings. The van der Waals surface area contributed by atoms with E-state index in [1.165, 1.54) is 5.56 Å². The number of methoxy groups -OCH3 is 1. The van der Waals surface area contributed by atoms with Crippen LogP contribution in [0.1, 0.15) is 30.7 Å². The largest absolute Gasteiger partial charge is 0.493 e. The Hall–Kier alpha value is -3.52. The predicted octanol–water partition coefficient (Wildman–Crippen LogP) is 4.35. The van der Waals surface area contributed by atoms with Crippen LogP contribution in [0.4, 0.5) is 11.6 Å². The molecule has 0 amide bonds. The van der Waals surface area contributed by atoms with Gasteiger partial charge in [-0.1, -0.05) is 6.07 Å². The van der Waals surface area contributed by atoms with E-state index in [1.807, 2.05) is 44.3 Å². The number of aromatic nitrogens is 2. The van der Waals surface area contributed by atoms with E-state index in [9.17, 15) is 0 Å². The summed E-state index contributed by atoms with van der Waals surface area (Å²) in [6.45, 7) is 7.73. The molecule has 0 aliphatic carbocycles. The lowest BCUT2D eigenvalue weighted by molar-refractivity contribution is 0.171. The third-order valence-corrected chi connectivity index (χ3v) is 5.81. The third kappa shape index (κ3) is 5.02. The van der Waals surface area contributed by atoms with Gasteiger partial charge in [0.15, 0.2) is 23.0 Å². The first-order valence-electron chi connectivity index (χ1n) is 11.6. The number of fused-ring (bicyclic) bond motifs is 2. The normalized spacial score (nSPS) is 15.1. The highest BCUT2D eigenvalue weighted by Crippen LogP contribution is 2.34. The van der Waals surface area contributed by atoms with Crippen molar-refractivity contribution in [3.63, 3.8) is 0 Å². The minimum Gasteiger partial charge on any atom is -0.493 e. The van der Waals surface area contributed by atoms with Crippen molar-refractivity contribution >= 4 is 11.6 Å². The second kappa shape index (κ2) is 9.77. The van der Waals surface area contributed by atoms with Crippen molar-refractivity contribution in [1.29, 1.82) is 0 Å². The number of anilines is 2. The van der Waals surface area contributed by atoms with Gasteiger partial charge < -0.3 is 24.3 Å². The number of hydrogen-bond donors (Lipinski definition) is 1. The summed E-state index contributed by atoms with van der Waals surface area (Å²) in [6, 6.07) is 11.9. The molecule has 0 bridgehead atoms. The van der Waals surface area contributed by atoms with Crippen LogP contribution < -0.4 is 24.3 Å². The Morgan fingerprint density at radius 2 is 1.91 bits per heavy atom. The smallest absolute Gasteiger partial charge is 0.227 e. The maximum Gasteiger partial charge on any atom is 0.227 e. The van der Waals surface area contributed by atoms with Crippen LogP contribution >= 0.6 is 0 Å². The van der Waals surface area contributed by atoms with Gasteiger partial charge in [0.05, 0.1) is 18.9 Å². The van der Waals surface area contributed by atoms with E-state index in [0.29, 0.717) is 19.2 Å². The fraction of sp³-hybridized carbons (Fsp3) is 0.385. The van der Waals surface area contributed by atoms with Crippen molar-refractivity contribution in [2.75, 3.05) is 32.2 Å². The van der Waals surface area contributed by atoms with Gasteiger partial charge >= 0.3 is 0 Å². The molecule has 0 saturated carbocycles. The number of rotatable bonds is 7. The minimum absolute atomic E-state index is 0.104. The van der Waals surface area contributed by atoms with Crippen molar-refractivity contribution < 1.29 is 18.9 Å². The van der Waals surface area contributed by atoms with E-state index in [-0.39, 0.29) is 6.10 Å². The summed E-state index contributed by atoms with van der Waals surface area (Å²) in [5, 5.41) is 3.29. The van der Waals surface area contributed by atoms with Crippen molar-refractivity contribution in [2.24, 2.45) is 0 Å². The second-order valence-corrected chi connectivity index (χ2v) is 8.76. The average molecular weight is 463 g/mol. The van der Waals surface area contributed by atoms with Gasteiger partial charge in [-0.15, -0.1) is 0 Å². The predicted molar refractivity (Wildman–Crippen MR) is 129 cm³/mol. The average Bonchev–Trinajstić information content (AvgIpc) is 2.84. The van der Waals surface area contributed by atoms with E-state index in [0.717, 1.165) is 66.0 Å². The fourth-order valence-corrected chi connectivity index (χ4v) is 4.24. The van der Waals surface area contributed by atoms with Crippen LogP contribution in [-0.2, 0) is 19.5 Å². The molecule has 5 rings (SSSR count). The summed E-state index contributed by atoms with van der Waals surface area (Å²) < 4.78 is 22.6. The molecule has 0 fully saturated rings. The fourth-order valence-electron chi connectivity index (χ4n) is 4.24. The highest BCUT2D eigenvalue weighted by Gasteiger charge is 2.20. The summed E-state index contributed by atoms with van der Waals surface area (Å²) >= 11 is 0. The van der Waals surface area contributed by atoms with Crippen LogP contribution in [0.3, 0.4) is 0 Å². The Morgan fingerprint density at radius 1 is 1.06 bits per heavy atom. The molecule has 34 heavy (non-hydrogen) atoms. The molecule has 0 spiro atoms. The molecule has 2 aliphatic heterocycles. The molecular weight excluding hydrogens is 432 g/mol. The lowest BCUT2D eigenvalue weighted by Crippen LogP contribution is -2.31. The quantitative estimate of drug-likeness (QED) is 0.556. The summed E-state index contributed by atoms with van der Waals surface area (Å²) in [7, 11) is 1.68. The SMILES string of the molecule is COc1cc(CN2CCc3nc(Nc4ccc5c(c4)OCCO5)ncc3C2)ccc1OC(C)C. The van der Waals surface area contributed by atoms with Gasteiger partial charge in [0.1, 0.15) is 13.2 Å². The first-order valence-corrected chi connectivity index (χ1v) is 11.6. The molecule has 0 saturated heterocycles. The standard InChI is InChI=1S/C26H30N4O4/c1-17(2)34-23-6-4-18(12-24(23)31-3)15-30-9-8-21-19(16-30)14-27-26(29-21)28-20-5-7-22-25(13-20)33-11-10-32-22/h4-7,12-14,17H,8-11,15-16H2,1-3H3,(H,27,28,29). The zero-order valence-electron chi connectivity index (χ0n) is 19.8. The number of benzene rings is 2. The molecule has 8 nitrogen and oxygen atoms in total. The highest BCUT2D eigenvalue weighted by molar-refractivity contribution is 5.60. The lowest BCUT2D eigenvalue weighted by Gasteiger charge is -2.28. The first-order chi connectivity index (χ1) is 16.6. The van der Waals surface area contributed by atoms with E-state index in [4.69, 9.17) is 23.9 Å². The van der Waals surface area contributed by atoms with Crippen LogP contribution in [0.25, 0.3) is 0 Å². The maximum atomic E-state index is 5.83. The molecular formula is C26H30N4O4. The van der Waals surface area contributed by atoms with Crippen LogP contribution in [0.15, 0.2) is 42.6 Å². The summed E-state index contributed by atoms with van der Waals surface area (Å²) in [5.41, 5.74) is 4.31. The van der Waals surface area contributed by atoms with Gasteiger partial charge in [0.25, 0.3) is 0 Å². The molecule has 2 aliphatic rings. The number of nitrogens with one attached hydrogen (secondary N) is 1. The lowest BCUT2D eigenvalue weighted by atomic mass is 10.1. The molecule has 0 atom stereocenters. The van der Waals surface area contributed by atoms with E-state index in [1.54, 1.807) is 7.11 Å². The van der Waals surface area contributed by atoms with Crippen LogP contribution in [0.5, 0.6) is 23.0 Å². The monoisotopic (exact) mass is 462 g/mol. The van der Waals surface area contributed by atoms with Crippen molar-refractivity contribution in [3.05, 3.63) is 59.4 Å². The highest BCUT2D eigenvalue weighted by atomic mass is 16.6. The van der Waals surface area contributed by atoms with Crippen molar-refractivity contribution in [2.45, 2.75) is 39.5 Å². The van der Waals surface area contributed by atoms with Gasteiger partial charge in [-0.2, -0.15) is 0 Å². The van der Waals surface area contributed by atoms with Gasteiger partial charge in [-0.05, 0) is 43.7 Å². The van der Waals surface area contributed by atoms with Crippen molar-refractivity contribution in [1.82, 2.24) is 14.9 Å². The molecule has 8 heteroatoms. The summed E-state index contributed by atoms with van der Waals surface area (Å²) in [6.07, 6.45) is 2.90. The zero-order chi connectivity index (χ0) is 23.5. The molecule has 178 valence electrons. The molecule has 1 aromatic heterocycles.